The van der Waals surface area contributed by atoms with Gasteiger partial charge in [-0.15, -0.1) is 5.10 Å². The van der Waals surface area contributed by atoms with E-state index in [9.17, 15) is 9.18 Å². The van der Waals surface area contributed by atoms with Crippen LogP contribution >= 0.6 is 0 Å². The first-order chi connectivity index (χ1) is 17.9. The van der Waals surface area contributed by atoms with Crippen LogP contribution in [-0.2, 0) is 4.79 Å². The summed E-state index contributed by atoms with van der Waals surface area (Å²) in [5.74, 6) is 0.472. The highest BCUT2D eigenvalue weighted by molar-refractivity contribution is 5.68. The van der Waals surface area contributed by atoms with E-state index in [1.165, 1.54) is 10.6 Å². The number of hydrogen-bond acceptors (Lipinski definition) is 11. The van der Waals surface area contributed by atoms with Crippen LogP contribution in [0.3, 0.4) is 0 Å². The summed E-state index contributed by atoms with van der Waals surface area (Å²) in [5.41, 5.74) is 6.57. The highest BCUT2D eigenvalue weighted by Gasteiger charge is 2.21. The fourth-order valence-electron chi connectivity index (χ4n) is 4.06. The number of aromatic nitrogens is 5. The number of likely N-dealkylation sites (N-methyl/N-ethyl adjacent to an activating group) is 1. The molecule has 37 heavy (non-hydrogen) atoms. The Hall–Kier alpha value is -4.46. The van der Waals surface area contributed by atoms with Gasteiger partial charge in [-0.05, 0) is 24.3 Å². The van der Waals surface area contributed by atoms with Gasteiger partial charge >= 0.3 is 5.97 Å². The molecule has 0 atom stereocenters. The zero-order valence-corrected chi connectivity index (χ0v) is 20.1. The van der Waals surface area contributed by atoms with E-state index in [4.69, 9.17) is 20.0 Å². The van der Waals surface area contributed by atoms with Crippen LogP contribution in [0.2, 0.25) is 0 Å². The lowest BCUT2D eigenvalue weighted by molar-refractivity contribution is -0.139. The van der Waals surface area contributed by atoms with Gasteiger partial charge in [0.15, 0.2) is 12.4 Å². The largest absolute Gasteiger partial charge is 0.482 e. The lowest BCUT2D eigenvalue weighted by atomic mass is 10.2. The molecule has 0 saturated carbocycles. The van der Waals surface area contributed by atoms with E-state index in [0.717, 1.165) is 19.6 Å². The maximum Gasteiger partial charge on any atom is 0.341 e. The molecule has 5 rings (SSSR count). The standard InChI is InChI=1S/C23H26FN9O4/c1-30(22-27-21(25)33-23(28-22)26-20(29-33)18-3-2-12-36-18)6-7-31-8-10-32(11-9-31)17-5-4-15(13-16(17)24)37-14-19(34)35/h2-5,12-13H,6-11,14H2,1H3,(H,34,35)(H2,25,26,27,28,29). The fraction of sp³-hybridized carbons (Fsp3) is 0.348. The molecule has 3 N–H and O–H groups in total. The van der Waals surface area contributed by atoms with E-state index in [-0.39, 0.29) is 11.7 Å². The highest BCUT2D eigenvalue weighted by atomic mass is 19.1. The Morgan fingerprint density at radius 2 is 2.03 bits per heavy atom. The van der Waals surface area contributed by atoms with Gasteiger partial charge in [0.25, 0.3) is 5.78 Å². The van der Waals surface area contributed by atoms with Crippen LogP contribution in [0.4, 0.5) is 22.0 Å². The molecule has 0 bridgehead atoms. The van der Waals surface area contributed by atoms with Crippen LogP contribution in [0.15, 0.2) is 41.0 Å². The maximum atomic E-state index is 14.6. The molecule has 0 unspecified atom stereocenters. The third-order valence-electron chi connectivity index (χ3n) is 6.05. The molecule has 4 heterocycles. The van der Waals surface area contributed by atoms with Crippen LogP contribution in [-0.4, -0.2) is 93.5 Å². The second kappa shape index (κ2) is 10.3. The second-order valence-corrected chi connectivity index (χ2v) is 8.55. The van der Waals surface area contributed by atoms with Crippen LogP contribution in [0.5, 0.6) is 5.75 Å². The van der Waals surface area contributed by atoms with Crippen molar-refractivity contribution < 1.29 is 23.4 Å². The SMILES string of the molecule is CN(CCN1CCN(c2ccc(OCC(=O)O)cc2F)CC1)c1nc(N)n2nc(-c3ccco3)nc2n1. The van der Waals surface area contributed by atoms with Gasteiger partial charge in [-0.25, -0.2) is 9.18 Å². The number of nitrogens with two attached hydrogens (primary N) is 1. The lowest BCUT2D eigenvalue weighted by Gasteiger charge is -2.36. The molecule has 1 aliphatic rings. The summed E-state index contributed by atoms with van der Waals surface area (Å²) in [7, 11) is 1.88. The average molecular weight is 512 g/mol. The van der Waals surface area contributed by atoms with Crippen LogP contribution in [0, 0.1) is 5.82 Å². The summed E-state index contributed by atoms with van der Waals surface area (Å²) in [4.78, 5) is 30.0. The number of nitrogen functional groups attached to an aromatic ring is 1. The minimum Gasteiger partial charge on any atom is -0.482 e. The molecule has 0 aliphatic carbocycles. The van der Waals surface area contributed by atoms with Gasteiger partial charge < -0.3 is 29.8 Å². The molecule has 0 amide bonds. The Labute approximate surface area is 210 Å². The minimum absolute atomic E-state index is 0.173. The molecule has 1 aromatic carbocycles. The number of anilines is 3. The number of carbonyl (C=O) groups is 1. The van der Waals surface area contributed by atoms with Crippen molar-refractivity contribution in [3.8, 4) is 17.3 Å². The Balaban J connectivity index is 1.15. The average Bonchev–Trinajstić information content (AvgIpc) is 3.57. The first-order valence-corrected chi connectivity index (χ1v) is 11.6. The van der Waals surface area contributed by atoms with Crippen molar-refractivity contribution in [2.75, 3.05) is 68.5 Å². The lowest BCUT2D eigenvalue weighted by Crippen LogP contribution is -2.48. The van der Waals surface area contributed by atoms with Gasteiger partial charge in [0.1, 0.15) is 11.6 Å². The van der Waals surface area contributed by atoms with Gasteiger partial charge in [-0.3, -0.25) is 4.90 Å². The summed E-state index contributed by atoms with van der Waals surface area (Å²) in [6.45, 7) is 3.71. The number of halogens is 1. The number of benzene rings is 1. The van der Waals surface area contributed by atoms with Crippen LogP contribution < -0.4 is 20.3 Å². The van der Waals surface area contributed by atoms with Crippen LogP contribution in [0.25, 0.3) is 17.4 Å². The molecule has 1 fully saturated rings. The molecule has 1 saturated heterocycles. The molecular formula is C23H26FN9O4. The molecule has 0 radical (unpaired) electrons. The first kappa shape index (κ1) is 24.2. The van der Waals surface area contributed by atoms with Gasteiger partial charge in [0.05, 0.1) is 12.0 Å². The fourth-order valence-corrected chi connectivity index (χ4v) is 4.06. The van der Waals surface area contributed by atoms with E-state index >= 15 is 0 Å². The molecule has 1 aliphatic heterocycles. The van der Waals surface area contributed by atoms with Crippen LogP contribution in [0.1, 0.15) is 0 Å². The molecule has 4 aromatic rings. The zero-order chi connectivity index (χ0) is 25.9. The third kappa shape index (κ3) is 5.38. The van der Waals surface area contributed by atoms with E-state index < -0.39 is 18.4 Å². The number of nitrogens with zero attached hydrogens (tertiary/aromatic N) is 8. The summed E-state index contributed by atoms with van der Waals surface area (Å²) in [6, 6.07) is 7.93. The summed E-state index contributed by atoms with van der Waals surface area (Å²) >= 11 is 0. The Morgan fingerprint density at radius 3 is 2.73 bits per heavy atom. The Morgan fingerprint density at radius 1 is 1.22 bits per heavy atom. The van der Waals surface area contributed by atoms with E-state index in [1.54, 1.807) is 30.5 Å². The Bertz CT molecular complexity index is 1390. The number of piperazine rings is 1. The monoisotopic (exact) mass is 511 g/mol. The van der Waals surface area contributed by atoms with Gasteiger partial charge in [-0.1, -0.05) is 0 Å². The molecule has 14 heteroatoms. The van der Waals surface area contributed by atoms with Gasteiger partial charge in [0.2, 0.25) is 17.7 Å². The molecule has 13 nitrogen and oxygen atoms in total. The number of ether oxygens (including phenoxy) is 1. The quantitative estimate of drug-likeness (QED) is 0.332. The van der Waals surface area contributed by atoms with Crippen molar-refractivity contribution in [1.29, 1.82) is 0 Å². The molecule has 3 aromatic heterocycles. The first-order valence-electron chi connectivity index (χ1n) is 11.6. The number of rotatable bonds is 9. The summed E-state index contributed by atoms with van der Waals surface area (Å²) in [6.07, 6.45) is 1.54. The second-order valence-electron chi connectivity index (χ2n) is 8.55. The van der Waals surface area contributed by atoms with E-state index in [1.807, 2.05) is 16.8 Å². The van der Waals surface area contributed by atoms with Crippen molar-refractivity contribution in [3.05, 3.63) is 42.4 Å². The van der Waals surface area contributed by atoms with Crippen molar-refractivity contribution in [1.82, 2.24) is 29.5 Å². The topological polar surface area (TPSA) is 151 Å². The van der Waals surface area contributed by atoms with Crippen molar-refractivity contribution in [2.45, 2.75) is 0 Å². The van der Waals surface area contributed by atoms with Crippen molar-refractivity contribution in [2.24, 2.45) is 0 Å². The summed E-state index contributed by atoms with van der Waals surface area (Å²) < 4.78 is 26.4. The number of fused-ring (bicyclic) bond motifs is 1. The predicted molar refractivity (Wildman–Crippen MR) is 132 cm³/mol. The number of furan rings is 1. The normalized spacial score (nSPS) is 14.3. The molecule has 194 valence electrons. The van der Waals surface area contributed by atoms with Gasteiger partial charge in [-0.2, -0.15) is 19.5 Å². The predicted octanol–water partition coefficient (Wildman–Crippen LogP) is 1.22. The number of hydrogen-bond donors (Lipinski definition) is 2. The zero-order valence-electron chi connectivity index (χ0n) is 20.1. The number of carboxylic acids is 1. The third-order valence-corrected chi connectivity index (χ3v) is 6.05. The van der Waals surface area contributed by atoms with E-state index in [2.05, 4.69) is 25.0 Å². The highest BCUT2D eigenvalue weighted by Crippen LogP contribution is 2.25. The van der Waals surface area contributed by atoms with E-state index in [0.29, 0.717) is 48.6 Å². The van der Waals surface area contributed by atoms with Crippen molar-refractivity contribution >= 4 is 29.3 Å². The summed E-state index contributed by atoms with van der Waals surface area (Å²) in [5, 5.41) is 13.0. The number of carboxylic acid groups (broad SMARTS) is 1. The smallest absolute Gasteiger partial charge is 0.341 e. The minimum atomic E-state index is -1.11. The maximum absolute atomic E-state index is 14.6. The van der Waals surface area contributed by atoms with Gasteiger partial charge in [0, 0.05) is 52.4 Å². The Kier molecular flexibility index (Phi) is 6.72. The van der Waals surface area contributed by atoms with Crippen molar-refractivity contribution in [3.63, 3.8) is 0 Å². The molecule has 0 spiro atoms. The molecular weight excluding hydrogens is 485 g/mol. The number of aliphatic carboxylic acids is 1.